The largest absolute Gasteiger partial charge is 0.457 e. The molecule has 0 fully saturated rings. The number of nitrogens with zero attached hydrogens (tertiary/aromatic N) is 1. The van der Waals surface area contributed by atoms with Gasteiger partial charge in [0.1, 0.15) is 11.5 Å². The molecule has 3 nitrogen and oxygen atoms in total. The Morgan fingerprint density at radius 1 is 0.640 bits per heavy atom. The minimum absolute atomic E-state index is 0.769. The molecule has 3 heteroatoms. The fourth-order valence-electron chi connectivity index (χ4n) is 2.71. The van der Waals surface area contributed by atoms with Crippen molar-refractivity contribution in [2.75, 3.05) is 5.73 Å². The monoisotopic (exact) mass is 326 g/mol. The van der Waals surface area contributed by atoms with Crippen molar-refractivity contribution < 1.29 is 4.74 Å². The summed E-state index contributed by atoms with van der Waals surface area (Å²) in [6, 6.07) is 27.8. The maximum Gasteiger partial charge on any atom is 0.127 e. The Labute approximate surface area is 146 Å². The van der Waals surface area contributed by atoms with E-state index in [1.807, 2.05) is 66.7 Å². The van der Waals surface area contributed by atoms with Crippen LogP contribution in [0.15, 0.2) is 97.3 Å². The van der Waals surface area contributed by atoms with Crippen LogP contribution in [0.1, 0.15) is 0 Å². The third-order valence-electron chi connectivity index (χ3n) is 4.05. The van der Waals surface area contributed by atoms with Crippen LogP contribution >= 0.6 is 0 Å². The fourth-order valence-corrected chi connectivity index (χ4v) is 2.71. The zero-order valence-electron chi connectivity index (χ0n) is 13.7. The van der Waals surface area contributed by atoms with Crippen molar-refractivity contribution in [1.82, 2.24) is 4.57 Å². The van der Waals surface area contributed by atoms with Crippen molar-refractivity contribution in [1.29, 1.82) is 0 Å². The lowest BCUT2D eigenvalue weighted by Gasteiger charge is -2.06. The average molecular weight is 326 g/mol. The van der Waals surface area contributed by atoms with Gasteiger partial charge < -0.3 is 15.0 Å². The first-order valence-electron chi connectivity index (χ1n) is 8.15. The summed E-state index contributed by atoms with van der Waals surface area (Å²) in [5.41, 5.74) is 9.91. The van der Waals surface area contributed by atoms with E-state index < -0.39 is 0 Å². The number of ether oxygens (including phenoxy) is 1. The van der Waals surface area contributed by atoms with Gasteiger partial charge in [-0.05, 0) is 65.7 Å². The first-order chi connectivity index (χ1) is 12.3. The quantitative estimate of drug-likeness (QED) is 0.502. The molecule has 0 aliphatic rings. The van der Waals surface area contributed by atoms with E-state index in [1.54, 1.807) is 0 Å². The highest BCUT2D eigenvalue weighted by atomic mass is 16.5. The Kier molecular flexibility index (Phi) is 3.97. The highest BCUT2D eigenvalue weighted by Gasteiger charge is 2.03. The molecule has 4 aromatic rings. The van der Waals surface area contributed by atoms with E-state index in [4.69, 9.17) is 10.5 Å². The normalized spacial score (nSPS) is 10.6. The number of anilines is 1. The van der Waals surface area contributed by atoms with Gasteiger partial charge in [0.15, 0.2) is 0 Å². The molecule has 0 aliphatic heterocycles. The third-order valence-corrected chi connectivity index (χ3v) is 4.05. The number of aromatic nitrogens is 1. The molecule has 3 aromatic carbocycles. The molecule has 0 saturated heterocycles. The summed E-state index contributed by atoms with van der Waals surface area (Å²) < 4.78 is 7.92. The Morgan fingerprint density at radius 2 is 1.32 bits per heavy atom. The predicted molar refractivity (Wildman–Crippen MR) is 102 cm³/mol. The van der Waals surface area contributed by atoms with E-state index in [2.05, 4.69) is 35.2 Å². The second-order valence-electron chi connectivity index (χ2n) is 5.84. The second-order valence-corrected chi connectivity index (χ2v) is 5.84. The van der Waals surface area contributed by atoms with Crippen LogP contribution in [0, 0.1) is 0 Å². The molecular weight excluding hydrogens is 308 g/mol. The molecule has 0 spiro atoms. The summed E-state index contributed by atoms with van der Waals surface area (Å²) in [4.78, 5) is 0. The van der Waals surface area contributed by atoms with E-state index in [-0.39, 0.29) is 0 Å². The van der Waals surface area contributed by atoms with Crippen LogP contribution in [-0.2, 0) is 0 Å². The number of rotatable bonds is 4. The van der Waals surface area contributed by atoms with Gasteiger partial charge in [0.25, 0.3) is 0 Å². The molecule has 0 saturated carbocycles. The van der Waals surface area contributed by atoms with Crippen LogP contribution in [0.25, 0.3) is 16.8 Å². The van der Waals surface area contributed by atoms with Gasteiger partial charge in [-0.2, -0.15) is 0 Å². The third kappa shape index (κ3) is 3.40. The number of para-hydroxylation sites is 1. The first-order valence-corrected chi connectivity index (χ1v) is 8.15. The van der Waals surface area contributed by atoms with E-state index in [0.29, 0.717) is 0 Å². The maximum absolute atomic E-state index is 5.84. The fraction of sp³-hybridized carbons (Fsp3) is 0. The molecule has 2 N–H and O–H groups in total. The van der Waals surface area contributed by atoms with Crippen molar-refractivity contribution in [3.63, 3.8) is 0 Å². The van der Waals surface area contributed by atoms with Gasteiger partial charge in [-0.15, -0.1) is 0 Å². The zero-order valence-corrected chi connectivity index (χ0v) is 13.7. The minimum atomic E-state index is 0.769. The molecule has 0 bridgehead atoms. The van der Waals surface area contributed by atoms with Crippen LogP contribution in [0.4, 0.5) is 5.69 Å². The lowest BCUT2D eigenvalue weighted by atomic mass is 10.1. The topological polar surface area (TPSA) is 40.2 Å². The van der Waals surface area contributed by atoms with Crippen LogP contribution in [-0.4, -0.2) is 4.57 Å². The van der Waals surface area contributed by atoms with Gasteiger partial charge in [0, 0.05) is 23.8 Å². The van der Waals surface area contributed by atoms with E-state index in [1.165, 1.54) is 0 Å². The van der Waals surface area contributed by atoms with Crippen molar-refractivity contribution >= 4 is 5.69 Å². The summed E-state index contributed by atoms with van der Waals surface area (Å²) in [5.74, 6) is 1.66. The van der Waals surface area contributed by atoms with E-state index in [9.17, 15) is 0 Å². The van der Waals surface area contributed by atoms with Gasteiger partial charge in [0.05, 0.1) is 0 Å². The summed E-state index contributed by atoms with van der Waals surface area (Å²) in [6.07, 6.45) is 4.16. The van der Waals surface area contributed by atoms with Gasteiger partial charge in [-0.1, -0.05) is 30.3 Å². The summed E-state index contributed by atoms with van der Waals surface area (Å²) >= 11 is 0. The summed E-state index contributed by atoms with van der Waals surface area (Å²) in [6.45, 7) is 0. The average Bonchev–Trinajstić information content (AvgIpc) is 3.14. The molecular formula is C22H18N2O. The van der Waals surface area contributed by atoms with Crippen molar-refractivity contribution in [3.8, 4) is 28.3 Å². The Balaban J connectivity index is 1.53. The molecule has 4 rings (SSSR count). The Bertz CT molecular complexity index is 955. The molecule has 0 unspecified atom stereocenters. The number of benzene rings is 3. The lowest BCUT2D eigenvalue weighted by molar-refractivity contribution is 0.483. The van der Waals surface area contributed by atoms with Crippen LogP contribution < -0.4 is 10.5 Å². The Hall–Kier alpha value is -3.46. The predicted octanol–water partition coefficient (Wildman–Crippen LogP) is 5.52. The van der Waals surface area contributed by atoms with E-state index in [0.717, 1.165) is 34.0 Å². The minimum Gasteiger partial charge on any atom is -0.457 e. The molecule has 0 atom stereocenters. The molecule has 0 aliphatic carbocycles. The Morgan fingerprint density at radius 3 is 2.04 bits per heavy atom. The highest BCUT2D eigenvalue weighted by Crippen LogP contribution is 2.26. The molecule has 25 heavy (non-hydrogen) atoms. The highest BCUT2D eigenvalue weighted by molar-refractivity contribution is 5.64. The van der Waals surface area contributed by atoms with Crippen molar-refractivity contribution in [3.05, 3.63) is 97.3 Å². The van der Waals surface area contributed by atoms with Crippen LogP contribution in [0.3, 0.4) is 0 Å². The lowest BCUT2D eigenvalue weighted by Crippen LogP contribution is -1.90. The summed E-state index contributed by atoms with van der Waals surface area (Å²) in [7, 11) is 0. The van der Waals surface area contributed by atoms with Gasteiger partial charge in [-0.25, -0.2) is 0 Å². The van der Waals surface area contributed by atoms with Crippen molar-refractivity contribution in [2.24, 2.45) is 0 Å². The van der Waals surface area contributed by atoms with Gasteiger partial charge >= 0.3 is 0 Å². The molecule has 0 radical (unpaired) electrons. The van der Waals surface area contributed by atoms with E-state index >= 15 is 0 Å². The number of hydrogen-bond acceptors (Lipinski definition) is 2. The SMILES string of the molecule is Nc1ccc(-n2ccc(-c3ccc(Oc4ccccc4)cc3)c2)cc1. The smallest absolute Gasteiger partial charge is 0.127 e. The molecule has 122 valence electrons. The van der Waals surface area contributed by atoms with Crippen LogP contribution in [0.5, 0.6) is 11.5 Å². The summed E-state index contributed by atoms with van der Waals surface area (Å²) in [5, 5.41) is 0. The number of nitrogen functional groups attached to an aromatic ring is 1. The van der Waals surface area contributed by atoms with Crippen LogP contribution in [0.2, 0.25) is 0 Å². The van der Waals surface area contributed by atoms with Gasteiger partial charge in [0.2, 0.25) is 0 Å². The molecule has 1 aromatic heterocycles. The number of hydrogen-bond donors (Lipinski definition) is 1. The second kappa shape index (κ2) is 6.57. The number of nitrogens with two attached hydrogens (primary N) is 1. The molecule has 0 amide bonds. The maximum atomic E-state index is 5.84. The first kappa shape index (κ1) is 15.1. The molecule has 1 heterocycles. The standard InChI is InChI=1S/C22H18N2O/c23-19-8-10-20(11-9-19)24-15-14-18(16-24)17-6-12-22(13-7-17)25-21-4-2-1-3-5-21/h1-16H,23H2. The van der Waals surface area contributed by atoms with Crippen molar-refractivity contribution in [2.45, 2.75) is 0 Å². The van der Waals surface area contributed by atoms with Gasteiger partial charge in [-0.3, -0.25) is 0 Å². The zero-order chi connectivity index (χ0) is 17.1.